The Bertz CT molecular complexity index is 397. The van der Waals surface area contributed by atoms with Crippen molar-refractivity contribution in [2.45, 2.75) is 58.7 Å². The summed E-state index contributed by atoms with van der Waals surface area (Å²) in [6.45, 7) is 11.9. The van der Waals surface area contributed by atoms with Crippen LogP contribution in [0.3, 0.4) is 0 Å². The molecule has 0 radical (unpaired) electrons. The van der Waals surface area contributed by atoms with Gasteiger partial charge in [-0.2, -0.15) is 0 Å². The zero-order valence-electron chi connectivity index (χ0n) is 12.6. The van der Waals surface area contributed by atoms with Gasteiger partial charge < -0.3 is 5.32 Å². The molecule has 0 spiro atoms. The number of rotatable bonds is 4. The second-order valence-corrected chi connectivity index (χ2v) is 5.77. The van der Waals surface area contributed by atoms with Crippen molar-refractivity contribution in [3.8, 4) is 0 Å². The van der Waals surface area contributed by atoms with E-state index in [1.807, 2.05) is 19.3 Å². The molecule has 106 valence electrons. The Morgan fingerprint density at radius 3 is 2.63 bits per heavy atom. The molecule has 1 saturated heterocycles. The number of aromatic nitrogens is 2. The second kappa shape index (κ2) is 5.97. The molecule has 1 N–H and O–H groups in total. The van der Waals surface area contributed by atoms with Crippen LogP contribution in [-0.4, -0.2) is 39.5 Å². The third kappa shape index (κ3) is 3.31. The quantitative estimate of drug-likeness (QED) is 0.902. The first-order valence-corrected chi connectivity index (χ1v) is 7.35. The van der Waals surface area contributed by atoms with E-state index >= 15 is 0 Å². The molecule has 1 atom stereocenters. The second-order valence-electron chi connectivity index (χ2n) is 5.77. The molecule has 2 rings (SSSR count). The van der Waals surface area contributed by atoms with Crippen LogP contribution in [0.5, 0.6) is 0 Å². The minimum absolute atomic E-state index is 0.268. The summed E-state index contributed by atoms with van der Waals surface area (Å²) in [6.07, 6.45) is 6.11. The van der Waals surface area contributed by atoms with Crippen LogP contribution in [0.25, 0.3) is 0 Å². The van der Waals surface area contributed by atoms with E-state index < -0.39 is 0 Å². The van der Waals surface area contributed by atoms with Gasteiger partial charge in [0.1, 0.15) is 0 Å². The zero-order chi connectivity index (χ0) is 13.9. The van der Waals surface area contributed by atoms with Crippen LogP contribution >= 0.6 is 0 Å². The van der Waals surface area contributed by atoms with Gasteiger partial charge in [-0.05, 0) is 26.7 Å². The predicted molar refractivity (Wildman–Crippen MR) is 78.0 cm³/mol. The van der Waals surface area contributed by atoms with Crippen LogP contribution in [-0.2, 0) is 6.54 Å². The molecule has 1 fully saturated rings. The fourth-order valence-corrected chi connectivity index (χ4v) is 2.74. The smallest absolute Gasteiger partial charge is 0.0727 e. The summed E-state index contributed by atoms with van der Waals surface area (Å²) >= 11 is 0. The minimum Gasteiger partial charge on any atom is -0.308 e. The molecular weight excluding hydrogens is 236 g/mol. The molecule has 1 aromatic rings. The SMILES string of the molecule is CCC1(CC)CN(Cc2cnc(C)cn2)C(C)CN1. The molecule has 0 amide bonds. The standard InChI is InChI=1S/C15H26N4/c1-5-15(6-2)11-19(13(4)8-18-15)10-14-9-16-12(3)7-17-14/h7,9,13,18H,5-6,8,10-11H2,1-4H3. The van der Waals surface area contributed by atoms with E-state index in [0.717, 1.165) is 31.0 Å². The highest BCUT2D eigenvalue weighted by atomic mass is 15.3. The lowest BCUT2D eigenvalue weighted by Crippen LogP contribution is -2.62. The fraction of sp³-hybridized carbons (Fsp3) is 0.733. The summed E-state index contributed by atoms with van der Waals surface area (Å²) in [5.41, 5.74) is 2.32. The van der Waals surface area contributed by atoms with Crippen molar-refractivity contribution in [2.75, 3.05) is 13.1 Å². The average molecular weight is 262 g/mol. The van der Waals surface area contributed by atoms with E-state index in [-0.39, 0.29) is 5.54 Å². The van der Waals surface area contributed by atoms with Crippen LogP contribution < -0.4 is 5.32 Å². The Kier molecular flexibility index (Phi) is 4.53. The Labute approximate surface area is 116 Å². The number of nitrogens with zero attached hydrogens (tertiary/aromatic N) is 3. The van der Waals surface area contributed by atoms with E-state index in [9.17, 15) is 0 Å². The van der Waals surface area contributed by atoms with Crippen molar-refractivity contribution in [3.63, 3.8) is 0 Å². The summed E-state index contributed by atoms with van der Waals surface area (Å²) in [6, 6.07) is 0.550. The van der Waals surface area contributed by atoms with E-state index in [1.54, 1.807) is 0 Å². The maximum atomic E-state index is 4.48. The first kappa shape index (κ1) is 14.4. The van der Waals surface area contributed by atoms with Gasteiger partial charge in [-0.1, -0.05) is 13.8 Å². The van der Waals surface area contributed by atoms with Gasteiger partial charge in [-0.15, -0.1) is 0 Å². The number of piperazine rings is 1. The molecule has 0 saturated carbocycles. The topological polar surface area (TPSA) is 41.1 Å². The van der Waals surface area contributed by atoms with Gasteiger partial charge in [-0.25, -0.2) is 0 Å². The van der Waals surface area contributed by atoms with E-state index in [4.69, 9.17) is 0 Å². The Hall–Kier alpha value is -1.00. The van der Waals surface area contributed by atoms with Crippen molar-refractivity contribution in [1.29, 1.82) is 0 Å². The van der Waals surface area contributed by atoms with Gasteiger partial charge in [0, 0.05) is 43.6 Å². The normalized spacial score (nSPS) is 23.5. The Balaban J connectivity index is 2.07. The van der Waals surface area contributed by atoms with Crippen LogP contribution in [0.15, 0.2) is 12.4 Å². The molecule has 0 bridgehead atoms. The first-order valence-electron chi connectivity index (χ1n) is 7.35. The van der Waals surface area contributed by atoms with Crippen LogP contribution in [0, 0.1) is 6.92 Å². The first-order chi connectivity index (χ1) is 9.08. The minimum atomic E-state index is 0.268. The molecule has 4 nitrogen and oxygen atoms in total. The van der Waals surface area contributed by atoms with Crippen molar-refractivity contribution < 1.29 is 0 Å². The van der Waals surface area contributed by atoms with E-state index in [0.29, 0.717) is 6.04 Å². The van der Waals surface area contributed by atoms with Crippen molar-refractivity contribution in [1.82, 2.24) is 20.2 Å². The van der Waals surface area contributed by atoms with E-state index in [1.165, 1.54) is 12.8 Å². The molecular formula is C15H26N4. The van der Waals surface area contributed by atoms with E-state index in [2.05, 4.69) is 41.0 Å². The largest absolute Gasteiger partial charge is 0.308 e. The fourth-order valence-electron chi connectivity index (χ4n) is 2.74. The number of nitrogens with one attached hydrogen (secondary N) is 1. The predicted octanol–water partition coefficient (Wildman–Crippen LogP) is 2.14. The van der Waals surface area contributed by atoms with Gasteiger partial charge in [0.2, 0.25) is 0 Å². The highest BCUT2D eigenvalue weighted by Crippen LogP contribution is 2.23. The molecule has 0 aliphatic carbocycles. The molecule has 2 heterocycles. The molecule has 1 aromatic heterocycles. The third-order valence-electron chi connectivity index (χ3n) is 4.45. The van der Waals surface area contributed by atoms with Gasteiger partial charge >= 0.3 is 0 Å². The van der Waals surface area contributed by atoms with Crippen molar-refractivity contribution in [3.05, 3.63) is 23.8 Å². The van der Waals surface area contributed by atoms with Gasteiger partial charge in [0.05, 0.1) is 11.4 Å². The van der Waals surface area contributed by atoms with Gasteiger partial charge in [-0.3, -0.25) is 14.9 Å². The van der Waals surface area contributed by atoms with Gasteiger partial charge in [0.25, 0.3) is 0 Å². The Morgan fingerprint density at radius 2 is 2.05 bits per heavy atom. The summed E-state index contributed by atoms with van der Waals surface area (Å²) in [7, 11) is 0. The summed E-state index contributed by atoms with van der Waals surface area (Å²) < 4.78 is 0. The Morgan fingerprint density at radius 1 is 1.32 bits per heavy atom. The van der Waals surface area contributed by atoms with Crippen LogP contribution in [0.4, 0.5) is 0 Å². The number of hydrogen-bond donors (Lipinski definition) is 1. The van der Waals surface area contributed by atoms with Crippen molar-refractivity contribution in [2.24, 2.45) is 0 Å². The molecule has 0 aromatic carbocycles. The summed E-state index contributed by atoms with van der Waals surface area (Å²) in [4.78, 5) is 11.4. The zero-order valence-corrected chi connectivity index (χ0v) is 12.6. The highest BCUT2D eigenvalue weighted by molar-refractivity contribution is 5.03. The van der Waals surface area contributed by atoms with Gasteiger partial charge in [0.15, 0.2) is 0 Å². The van der Waals surface area contributed by atoms with Crippen LogP contribution in [0.2, 0.25) is 0 Å². The van der Waals surface area contributed by atoms with Crippen LogP contribution in [0.1, 0.15) is 45.0 Å². The maximum absolute atomic E-state index is 4.48. The average Bonchev–Trinajstić information content (AvgIpc) is 2.44. The lowest BCUT2D eigenvalue weighted by molar-refractivity contribution is 0.0734. The molecule has 4 heteroatoms. The highest BCUT2D eigenvalue weighted by Gasteiger charge is 2.34. The number of hydrogen-bond acceptors (Lipinski definition) is 4. The molecule has 1 unspecified atom stereocenters. The molecule has 1 aliphatic heterocycles. The molecule has 19 heavy (non-hydrogen) atoms. The monoisotopic (exact) mass is 262 g/mol. The lowest BCUT2D eigenvalue weighted by atomic mass is 9.88. The molecule has 1 aliphatic rings. The summed E-state index contributed by atoms with van der Waals surface area (Å²) in [5.74, 6) is 0. The summed E-state index contributed by atoms with van der Waals surface area (Å²) in [5, 5.41) is 3.73. The van der Waals surface area contributed by atoms with Crippen molar-refractivity contribution >= 4 is 0 Å². The number of aryl methyl sites for hydroxylation is 1. The third-order valence-corrected chi connectivity index (χ3v) is 4.45. The maximum Gasteiger partial charge on any atom is 0.0727 e. The lowest BCUT2D eigenvalue weighted by Gasteiger charge is -2.46.